The zero-order chi connectivity index (χ0) is 21.3. The third-order valence-electron chi connectivity index (χ3n) is 6.98. The first kappa shape index (κ1) is 21.1. The second kappa shape index (κ2) is 8.90. The Morgan fingerprint density at radius 2 is 1.77 bits per heavy atom. The Labute approximate surface area is 179 Å². The van der Waals surface area contributed by atoms with Gasteiger partial charge in [-0.05, 0) is 38.0 Å². The number of piperidine rings is 1. The lowest BCUT2D eigenvalue weighted by Gasteiger charge is -2.37. The van der Waals surface area contributed by atoms with Crippen molar-refractivity contribution in [3.63, 3.8) is 0 Å². The maximum atomic E-state index is 13.2. The number of hydrogen-bond acceptors (Lipinski definition) is 5. The number of anilines is 1. The van der Waals surface area contributed by atoms with E-state index in [0.717, 1.165) is 55.1 Å². The summed E-state index contributed by atoms with van der Waals surface area (Å²) < 4.78 is 0. The van der Waals surface area contributed by atoms with Crippen LogP contribution < -0.4 is 4.90 Å². The molecule has 0 radical (unpaired) electrons. The Morgan fingerprint density at radius 3 is 2.47 bits per heavy atom. The Balaban J connectivity index is 1.62. The Kier molecular flexibility index (Phi) is 6.25. The molecule has 7 nitrogen and oxygen atoms in total. The van der Waals surface area contributed by atoms with Gasteiger partial charge in [0.25, 0.3) is 0 Å². The van der Waals surface area contributed by atoms with Gasteiger partial charge in [0, 0.05) is 52.5 Å². The number of rotatable bonds is 4. The average Bonchev–Trinajstić information content (AvgIpc) is 3.25. The van der Waals surface area contributed by atoms with E-state index >= 15 is 0 Å². The molecule has 1 aromatic rings. The number of likely N-dealkylation sites (tertiary alicyclic amines) is 1. The van der Waals surface area contributed by atoms with Gasteiger partial charge in [0.1, 0.15) is 5.82 Å². The van der Waals surface area contributed by atoms with Crippen molar-refractivity contribution < 1.29 is 9.59 Å². The van der Waals surface area contributed by atoms with Crippen molar-refractivity contribution in [3.8, 4) is 0 Å². The fourth-order valence-corrected chi connectivity index (χ4v) is 5.28. The van der Waals surface area contributed by atoms with Crippen LogP contribution in [0.4, 0.5) is 5.82 Å². The second-order valence-corrected chi connectivity index (χ2v) is 9.37. The van der Waals surface area contributed by atoms with Gasteiger partial charge in [-0.15, -0.1) is 0 Å². The smallest absolute Gasteiger partial charge is 0.223 e. The highest BCUT2D eigenvalue weighted by Crippen LogP contribution is 2.35. The summed E-state index contributed by atoms with van der Waals surface area (Å²) in [5.41, 5.74) is 2.08. The van der Waals surface area contributed by atoms with Gasteiger partial charge in [0.05, 0.1) is 18.3 Å². The molecule has 0 spiro atoms. The maximum absolute atomic E-state index is 13.2. The minimum absolute atomic E-state index is 0.0255. The van der Waals surface area contributed by atoms with Crippen LogP contribution in [0.25, 0.3) is 0 Å². The standard InChI is InChI=1S/C23H35N5O2/c1-16(29)27-13-11-19-18(15-27)23(26(2)3)25-22(24-19)20-10-6-7-12-28(20)21(30)14-17-8-4-5-9-17/h17,20H,4-15H2,1-3H3/t20-/m0/s1. The van der Waals surface area contributed by atoms with E-state index in [1.165, 1.54) is 25.7 Å². The topological polar surface area (TPSA) is 69.6 Å². The molecule has 0 bridgehead atoms. The van der Waals surface area contributed by atoms with Crippen LogP contribution in [0.2, 0.25) is 0 Å². The molecular weight excluding hydrogens is 378 g/mol. The first-order valence-electron chi connectivity index (χ1n) is 11.6. The van der Waals surface area contributed by atoms with E-state index in [2.05, 4.69) is 4.90 Å². The van der Waals surface area contributed by atoms with E-state index in [0.29, 0.717) is 25.4 Å². The second-order valence-electron chi connectivity index (χ2n) is 9.37. The fourth-order valence-electron chi connectivity index (χ4n) is 5.28. The van der Waals surface area contributed by atoms with Gasteiger partial charge in [-0.1, -0.05) is 12.8 Å². The van der Waals surface area contributed by atoms with Crippen LogP contribution in [0.3, 0.4) is 0 Å². The van der Waals surface area contributed by atoms with Crippen molar-refractivity contribution in [2.24, 2.45) is 5.92 Å². The lowest BCUT2D eigenvalue weighted by atomic mass is 9.97. The van der Waals surface area contributed by atoms with E-state index in [4.69, 9.17) is 9.97 Å². The van der Waals surface area contributed by atoms with Gasteiger partial charge in [0.2, 0.25) is 11.8 Å². The molecule has 0 N–H and O–H groups in total. The molecule has 1 aromatic heterocycles. The lowest BCUT2D eigenvalue weighted by molar-refractivity contribution is -0.136. The van der Waals surface area contributed by atoms with E-state index < -0.39 is 0 Å². The van der Waals surface area contributed by atoms with Crippen LogP contribution in [0.5, 0.6) is 0 Å². The predicted octanol–water partition coefficient (Wildman–Crippen LogP) is 3.08. The quantitative estimate of drug-likeness (QED) is 0.759. The lowest BCUT2D eigenvalue weighted by Crippen LogP contribution is -2.41. The fraction of sp³-hybridized carbons (Fsp3) is 0.739. The van der Waals surface area contributed by atoms with Crippen LogP contribution in [0.15, 0.2) is 0 Å². The van der Waals surface area contributed by atoms with Crippen molar-refractivity contribution in [3.05, 3.63) is 17.1 Å². The molecule has 1 aliphatic carbocycles. The highest BCUT2D eigenvalue weighted by atomic mass is 16.2. The zero-order valence-electron chi connectivity index (χ0n) is 18.7. The number of carbonyl (C=O) groups excluding carboxylic acids is 2. The SMILES string of the molecule is CC(=O)N1CCc2nc([C@@H]3CCCCN3C(=O)CC3CCCC3)nc(N(C)C)c2C1. The number of amides is 2. The molecule has 3 aliphatic rings. The van der Waals surface area contributed by atoms with Gasteiger partial charge in [-0.25, -0.2) is 9.97 Å². The van der Waals surface area contributed by atoms with Crippen LogP contribution in [0, 0.1) is 5.92 Å². The van der Waals surface area contributed by atoms with Gasteiger partial charge in [-0.2, -0.15) is 0 Å². The molecule has 30 heavy (non-hydrogen) atoms. The number of fused-ring (bicyclic) bond motifs is 1. The molecule has 1 saturated carbocycles. The van der Waals surface area contributed by atoms with Crippen molar-refractivity contribution >= 4 is 17.6 Å². The summed E-state index contributed by atoms with van der Waals surface area (Å²) in [7, 11) is 3.98. The molecule has 1 saturated heterocycles. The molecule has 3 heterocycles. The highest BCUT2D eigenvalue weighted by molar-refractivity contribution is 5.77. The van der Waals surface area contributed by atoms with E-state index in [-0.39, 0.29) is 17.9 Å². The van der Waals surface area contributed by atoms with E-state index in [1.807, 2.05) is 23.9 Å². The summed E-state index contributed by atoms with van der Waals surface area (Å²) in [5, 5.41) is 0. The summed E-state index contributed by atoms with van der Waals surface area (Å²) >= 11 is 0. The van der Waals surface area contributed by atoms with Gasteiger partial charge in [-0.3, -0.25) is 9.59 Å². The zero-order valence-corrected chi connectivity index (χ0v) is 18.7. The molecule has 0 unspecified atom stereocenters. The van der Waals surface area contributed by atoms with Crippen LogP contribution in [-0.2, 0) is 22.6 Å². The third kappa shape index (κ3) is 4.30. The number of carbonyl (C=O) groups is 2. The monoisotopic (exact) mass is 413 g/mol. The molecule has 4 rings (SSSR count). The number of nitrogens with zero attached hydrogens (tertiary/aromatic N) is 5. The van der Waals surface area contributed by atoms with Crippen molar-refractivity contribution in [2.45, 2.75) is 77.3 Å². The van der Waals surface area contributed by atoms with Gasteiger partial charge >= 0.3 is 0 Å². The number of hydrogen-bond donors (Lipinski definition) is 0. The largest absolute Gasteiger partial charge is 0.362 e. The predicted molar refractivity (Wildman–Crippen MR) is 116 cm³/mol. The van der Waals surface area contributed by atoms with Crippen molar-refractivity contribution in [2.75, 3.05) is 32.1 Å². The van der Waals surface area contributed by atoms with Crippen LogP contribution in [0.1, 0.15) is 81.4 Å². The molecule has 2 amide bonds. The first-order valence-corrected chi connectivity index (χ1v) is 11.6. The molecular formula is C23H35N5O2. The molecule has 1 atom stereocenters. The maximum Gasteiger partial charge on any atom is 0.223 e. The minimum atomic E-state index is -0.0255. The number of aromatic nitrogens is 2. The Morgan fingerprint density at radius 1 is 1.03 bits per heavy atom. The molecule has 2 aliphatic heterocycles. The average molecular weight is 414 g/mol. The molecule has 164 valence electrons. The third-order valence-corrected chi connectivity index (χ3v) is 6.98. The summed E-state index contributed by atoms with van der Waals surface area (Å²) in [6, 6.07) is -0.0255. The van der Waals surface area contributed by atoms with Crippen molar-refractivity contribution in [1.29, 1.82) is 0 Å². The summed E-state index contributed by atoms with van der Waals surface area (Å²) in [4.78, 5) is 40.9. The van der Waals surface area contributed by atoms with E-state index in [1.54, 1.807) is 6.92 Å². The molecule has 2 fully saturated rings. The summed E-state index contributed by atoms with van der Waals surface area (Å²) in [5.74, 6) is 2.59. The Hall–Kier alpha value is -2.18. The summed E-state index contributed by atoms with van der Waals surface area (Å²) in [6.45, 7) is 3.69. The van der Waals surface area contributed by atoms with Crippen LogP contribution >= 0.6 is 0 Å². The molecule has 7 heteroatoms. The van der Waals surface area contributed by atoms with Gasteiger partial charge in [0.15, 0.2) is 5.82 Å². The summed E-state index contributed by atoms with van der Waals surface area (Å²) in [6.07, 6.45) is 9.43. The van der Waals surface area contributed by atoms with Gasteiger partial charge < -0.3 is 14.7 Å². The van der Waals surface area contributed by atoms with Crippen LogP contribution in [-0.4, -0.2) is 58.8 Å². The van der Waals surface area contributed by atoms with Crippen molar-refractivity contribution in [1.82, 2.24) is 19.8 Å². The highest BCUT2D eigenvalue weighted by Gasteiger charge is 2.34. The Bertz CT molecular complexity index is 803. The minimum Gasteiger partial charge on any atom is -0.362 e. The van der Waals surface area contributed by atoms with E-state index in [9.17, 15) is 9.59 Å². The first-order chi connectivity index (χ1) is 14.4. The normalized spacial score (nSPS) is 22.2. The molecule has 0 aromatic carbocycles.